The van der Waals surface area contributed by atoms with Crippen molar-refractivity contribution >= 4 is 24.0 Å². The Balaban J connectivity index is 0.00000400. The Morgan fingerprint density at radius 3 is 2.48 bits per heavy atom. The van der Waals surface area contributed by atoms with Crippen LogP contribution < -0.4 is 10.1 Å². The van der Waals surface area contributed by atoms with E-state index in [0.29, 0.717) is 6.61 Å². The number of nitrogens with one attached hydrogen (secondary N) is 1. The predicted octanol–water partition coefficient (Wildman–Crippen LogP) is 5.40. The summed E-state index contributed by atoms with van der Waals surface area (Å²) in [5, 5.41) is 4.21. The van der Waals surface area contributed by atoms with E-state index in [9.17, 15) is 0 Å². The van der Waals surface area contributed by atoms with E-state index in [0.717, 1.165) is 29.4 Å². The van der Waals surface area contributed by atoms with Gasteiger partial charge in [-0.2, -0.15) is 0 Å². The van der Waals surface area contributed by atoms with Gasteiger partial charge < -0.3 is 10.1 Å². The normalized spacial score (nSPS) is 10.2. The van der Waals surface area contributed by atoms with Gasteiger partial charge in [-0.25, -0.2) is 0 Å². The van der Waals surface area contributed by atoms with Gasteiger partial charge in [-0.15, -0.1) is 12.4 Å². The maximum absolute atomic E-state index is 5.98. The van der Waals surface area contributed by atoms with Gasteiger partial charge in [0, 0.05) is 11.6 Å². The second-order valence-electron chi connectivity index (χ2n) is 5.28. The molecule has 2 nitrogen and oxygen atoms in total. The van der Waals surface area contributed by atoms with Crippen molar-refractivity contribution in [2.24, 2.45) is 0 Å². The number of ether oxygens (including phenoxy) is 1. The number of halogens is 2. The van der Waals surface area contributed by atoms with Crippen molar-refractivity contribution in [1.82, 2.24) is 5.32 Å². The van der Waals surface area contributed by atoms with Crippen molar-refractivity contribution < 1.29 is 4.74 Å². The first-order valence-corrected chi connectivity index (χ1v) is 8.21. The summed E-state index contributed by atoms with van der Waals surface area (Å²) in [5.74, 6) is 0.897. The standard InChI is InChI=1S/C17H28ClNO.ClH/c1-3-4-5-6-7-8-11-19-12-13-20-16-9-10-17(18)15(2)14-16;/h9-10,14,19H,3-8,11-13H2,1-2H3;1H. The number of hydrogen-bond acceptors (Lipinski definition) is 2. The van der Waals surface area contributed by atoms with E-state index in [1.54, 1.807) is 0 Å². The molecule has 0 spiro atoms. The molecule has 0 aromatic heterocycles. The smallest absolute Gasteiger partial charge is 0.119 e. The molecule has 0 saturated carbocycles. The summed E-state index contributed by atoms with van der Waals surface area (Å²) in [7, 11) is 0. The fraction of sp³-hybridized carbons (Fsp3) is 0.647. The van der Waals surface area contributed by atoms with Crippen molar-refractivity contribution in [3.8, 4) is 5.75 Å². The van der Waals surface area contributed by atoms with Crippen molar-refractivity contribution in [3.05, 3.63) is 28.8 Å². The Morgan fingerprint density at radius 1 is 1.05 bits per heavy atom. The molecule has 1 N–H and O–H groups in total. The van der Waals surface area contributed by atoms with E-state index in [1.165, 1.54) is 38.5 Å². The number of aryl methyl sites for hydroxylation is 1. The maximum Gasteiger partial charge on any atom is 0.119 e. The minimum atomic E-state index is 0. The predicted molar refractivity (Wildman–Crippen MR) is 95.2 cm³/mol. The van der Waals surface area contributed by atoms with Crippen LogP contribution in [0.2, 0.25) is 5.02 Å². The lowest BCUT2D eigenvalue weighted by molar-refractivity contribution is 0.313. The Labute approximate surface area is 141 Å². The number of unbranched alkanes of at least 4 members (excludes halogenated alkanes) is 5. The van der Waals surface area contributed by atoms with E-state index < -0.39 is 0 Å². The van der Waals surface area contributed by atoms with E-state index in [-0.39, 0.29) is 12.4 Å². The van der Waals surface area contributed by atoms with Gasteiger partial charge in [0.25, 0.3) is 0 Å². The van der Waals surface area contributed by atoms with Crippen LogP contribution in [0.25, 0.3) is 0 Å². The fourth-order valence-corrected chi connectivity index (χ4v) is 2.22. The van der Waals surface area contributed by atoms with Crippen molar-refractivity contribution in [2.75, 3.05) is 19.7 Å². The van der Waals surface area contributed by atoms with Gasteiger partial charge >= 0.3 is 0 Å². The van der Waals surface area contributed by atoms with E-state index in [2.05, 4.69) is 12.2 Å². The molecule has 0 amide bonds. The average molecular weight is 334 g/mol. The van der Waals surface area contributed by atoms with Crippen LogP contribution in [0, 0.1) is 6.92 Å². The fourth-order valence-electron chi connectivity index (χ4n) is 2.10. The molecule has 0 unspecified atom stereocenters. The zero-order valence-corrected chi connectivity index (χ0v) is 14.9. The zero-order valence-electron chi connectivity index (χ0n) is 13.3. The number of benzene rings is 1. The van der Waals surface area contributed by atoms with E-state index in [1.807, 2.05) is 25.1 Å². The lowest BCUT2D eigenvalue weighted by Crippen LogP contribution is -2.22. The number of hydrogen-bond donors (Lipinski definition) is 1. The molecule has 0 fully saturated rings. The number of rotatable bonds is 11. The van der Waals surface area contributed by atoms with Crippen LogP contribution in [0.3, 0.4) is 0 Å². The highest BCUT2D eigenvalue weighted by Crippen LogP contribution is 2.20. The van der Waals surface area contributed by atoms with Crippen LogP contribution in [-0.2, 0) is 0 Å². The first-order valence-electron chi connectivity index (χ1n) is 7.83. The minimum Gasteiger partial charge on any atom is -0.492 e. The van der Waals surface area contributed by atoms with Gasteiger partial charge in [0.05, 0.1) is 0 Å². The third-order valence-electron chi connectivity index (χ3n) is 3.38. The molecule has 4 heteroatoms. The molecule has 1 aromatic carbocycles. The molecular formula is C17H29Cl2NO. The Morgan fingerprint density at radius 2 is 1.76 bits per heavy atom. The molecule has 0 aliphatic rings. The highest BCUT2D eigenvalue weighted by atomic mass is 35.5. The quantitative estimate of drug-likeness (QED) is 0.547. The average Bonchev–Trinajstić information content (AvgIpc) is 2.45. The lowest BCUT2D eigenvalue weighted by atomic mass is 10.1. The van der Waals surface area contributed by atoms with Crippen molar-refractivity contribution in [3.63, 3.8) is 0 Å². The molecule has 21 heavy (non-hydrogen) atoms. The largest absolute Gasteiger partial charge is 0.492 e. The molecule has 0 bridgehead atoms. The second-order valence-corrected chi connectivity index (χ2v) is 5.68. The molecule has 0 aliphatic carbocycles. The van der Waals surface area contributed by atoms with Gasteiger partial charge in [-0.3, -0.25) is 0 Å². The monoisotopic (exact) mass is 333 g/mol. The molecule has 1 aromatic rings. The van der Waals surface area contributed by atoms with Crippen LogP contribution in [-0.4, -0.2) is 19.7 Å². The molecule has 122 valence electrons. The van der Waals surface area contributed by atoms with Crippen LogP contribution in [0.5, 0.6) is 5.75 Å². The first kappa shape index (κ1) is 20.6. The van der Waals surface area contributed by atoms with Crippen LogP contribution in [0.4, 0.5) is 0 Å². The first-order chi connectivity index (χ1) is 9.74. The van der Waals surface area contributed by atoms with Gasteiger partial charge in [-0.1, -0.05) is 50.6 Å². The Bertz CT molecular complexity index is 372. The molecule has 0 atom stereocenters. The SMILES string of the molecule is CCCCCCCCNCCOc1ccc(Cl)c(C)c1.Cl. The van der Waals surface area contributed by atoms with Crippen LogP contribution >= 0.6 is 24.0 Å². The van der Waals surface area contributed by atoms with Crippen molar-refractivity contribution in [2.45, 2.75) is 52.4 Å². The van der Waals surface area contributed by atoms with E-state index >= 15 is 0 Å². The summed E-state index contributed by atoms with van der Waals surface area (Å²) in [6, 6.07) is 5.79. The van der Waals surface area contributed by atoms with Crippen molar-refractivity contribution in [1.29, 1.82) is 0 Å². The van der Waals surface area contributed by atoms with Crippen LogP contribution in [0.1, 0.15) is 51.0 Å². The third-order valence-corrected chi connectivity index (χ3v) is 3.81. The third kappa shape index (κ3) is 10.00. The van der Waals surface area contributed by atoms with Gasteiger partial charge in [-0.05, 0) is 43.7 Å². The summed E-state index contributed by atoms with van der Waals surface area (Å²) >= 11 is 5.98. The molecular weight excluding hydrogens is 305 g/mol. The maximum atomic E-state index is 5.98. The molecule has 1 rings (SSSR count). The summed E-state index contributed by atoms with van der Waals surface area (Å²) < 4.78 is 5.68. The molecule has 0 saturated heterocycles. The Kier molecular flexibility index (Phi) is 13.0. The molecule has 0 radical (unpaired) electrons. The van der Waals surface area contributed by atoms with E-state index in [4.69, 9.17) is 16.3 Å². The highest BCUT2D eigenvalue weighted by molar-refractivity contribution is 6.31. The van der Waals surface area contributed by atoms with Gasteiger partial charge in [0.2, 0.25) is 0 Å². The second kappa shape index (κ2) is 13.2. The summed E-state index contributed by atoms with van der Waals surface area (Å²) in [4.78, 5) is 0. The van der Waals surface area contributed by atoms with Gasteiger partial charge in [0.1, 0.15) is 12.4 Å². The lowest BCUT2D eigenvalue weighted by Gasteiger charge is -2.08. The summed E-state index contributed by atoms with van der Waals surface area (Å²) in [6.07, 6.45) is 8.06. The topological polar surface area (TPSA) is 21.3 Å². The highest BCUT2D eigenvalue weighted by Gasteiger charge is 1.98. The van der Waals surface area contributed by atoms with Gasteiger partial charge in [0.15, 0.2) is 0 Å². The minimum absolute atomic E-state index is 0. The van der Waals surface area contributed by atoms with Crippen LogP contribution in [0.15, 0.2) is 18.2 Å². The molecule has 0 aliphatic heterocycles. The molecule has 0 heterocycles. The zero-order chi connectivity index (χ0) is 14.6. The summed E-state index contributed by atoms with van der Waals surface area (Å²) in [5.41, 5.74) is 1.06. The summed E-state index contributed by atoms with van der Waals surface area (Å²) in [6.45, 7) is 6.94. The Hall–Kier alpha value is -0.440.